The molecule has 0 aliphatic carbocycles. The molecular formula is C8H11NO. The molecule has 0 bridgehead atoms. The van der Waals surface area contributed by atoms with Crippen LogP contribution in [0, 0.1) is 0 Å². The number of nitrogens with zero attached hydrogens (tertiary/aromatic N) is 1. The number of ketones is 1. The van der Waals surface area contributed by atoms with Gasteiger partial charge in [0.2, 0.25) is 0 Å². The SMILES string of the molecule is CCC1=NCC=CC(=O)C1. The van der Waals surface area contributed by atoms with Crippen molar-refractivity contribution in [1.82, 2.24) is 0 Å². The van der Waals surface area contributed by atoms with Crippen LogP contribution >= 0.6 is 0 Å². The summed E-state index contributed by atoms with van der Waals surface area (Å²) in [6.45, 7) is 2.70. The zero-order valence-electron chi connectivity index (χ0n) is 6.13. The van der Waals surface area contributed by atoms with E-state index in [1.807, 2.05) is 13.0 Å². The Hall–Kier alpha value is -0.920. The molecule has 0 saturated carbocycles. The minimum absolute atomic E-state index is 0.179. The van der Waals surface area contributed by atoms with E-state index in [1.165, 1.54) is 0 Å². The van der Waals surface area contributed by atoms with E-state index in [1.54, 1.807) is 6.08 Å². The minimum Gasteiger partial charge on any atom is -0.294 e. The quantitative estimate of drug-likeness (QED) is 0.536. The number of aliphatic imine (C=N–C) groups is 1. The Labute approximate surface area is 60.7 Å². The summed E-state index contributed by atoms with van der Waals surface area (Å²) < 4.78 is 0. The Morgan fingerprint density at radius 3 is 3.20 bits per heavy atom. The van der Waals surface area contributed by atoms with Crippen molar-refractivity contribution in [3.05, 3.63) is 12.2 Å². The number of allylic oxidation sites excluding steroid dienone is 1. The monoisotopic (exact) mass is 137 g/mol. The maximum Gasteiger partial charge on any atom is 0.161 e. The predicted octanol–water partition coefficient (Wildman–Crippen LogP) is 1.37. The first-order chi connectivity index (χ1) is 4.83. The normalized spacial score (nSPS) is 18.5. The van der Waals surface area contributed by atoms with E-state index in [-0.39, 0.29) is 5.78 Å². The van der Waals surface area contributed by atoms with E-state index in [4.69, 9.17) is 0 Å². The summed E-state index contributed by atoms with van der Waals surface area (Å²) in [7, 11) is 0. The van der Waals surface area contributed by atoms with Gasteiger partial charge >= 0.3 is 0 Å². The van der Waals surface area contributed by atoms with Gasteiger partial charge in [0, 0.05) is 12.1 Å². The topological polar surface area (TPSA) is 29.4 Å². The molecule has 0 fully saturated rings. The molecule has 1 rings (SSSR count). The van der Waals surface area contributed by atoms with Crippen molar-refractivity contribution in [2.75, 3.05) is 6.54 Å². The smallest absolute Gasteiger partial charge is 0.161 e. The lowest BCUT2D eigenvalue weighted by molar-refractivity contribution is -0.113. The third-order valence-electron chi connectivity index (χ3n) is 1.51. The number of carbonyl (C=O) groups excluding carboxylic acids is 1. The summed E-state index contributed by atoms with van der Waals surface area (Å²) >= 11 is 0. The van der Waals surface area contributed by atoms with Gasteiger partial charge in [0.15, 0.2) is 5.78 Å². The van der Waals surface area contributed by atoms with Gasteiger partial charge in [0.1, 0.15) is 0 Å². The maximum atomic E-state index is 10.9. The fraction of sp³-hybridized carbons (Fsp3) is 0.500. The molecular weight excluding hydrogens is 126 g/mol. The second-order valence-electron chi connectivity index (χ2n) is 2.31. The van der Waals surface area contributed by atoms with Crippen LogP contribution in [-0.4, -0.2) is 18.0 Å². The van der Waals surface area contributed by atoms with Gasteiger partial charge in [-0.15, -0.1) is 0 Å². The molecule has 0 unspecified atom stereocenters. The molecule has 0 aromatic rings. The first-order valence-corrected chi connectivity index (χ1v) is 3.54. The molecule has 1 aliphatic rings. The standard InChI is InChI=1S/C8H11NO/c1-2-7-6-8(10)4-3-5-9-7/h3-4H,2,5-6H2,1H3. The van der Waals surface area contributed by atoms with Crippen molar-refractivity contribution < 1.29 is 4.79 Å². The van der Waals surface area contributed by atoms with Gasteiger partial charge in [-0.25, -0.2) is 0 Å². The van der Waals surface area contributed by atoms with Crippen LogP contribution < -0.4 is 0 Å². The highest BCUT2D eigenvalue weighted by Gasteiger charge is 2.04. The summed E-state index contributed by atoms with van der Waals surface area (Å²) in [6, 6.07) is 0. The van der Waals surface area contributed by atoms with Crippen LogP contribution in [0.3, 0.4) is 0 Å². The Morgan fingerprint density at radius 1 is 1.70 bits per heavy atom. The van der Waals surface area contributed by atoms with Gasteiger partial charge < -0.3 is 0 Å². The third-order valence-corrected chi connectivity index (χ3v) is 1.51. The highest BCUT2D eigenvalue weighted by atomic mass is 16.1. The molecule has 1 aliphatic heterocycles. The van der Waals surface area contributed by atoms with Crippen molar-refractivity contribution in [3.63, 3.8) is 0 Å². The first-order valence-electron chi connectivity index (χ1n) is 3.54. The van der Waals surface area contributed by atoms with Crippen LogP contribution in [0.15, 0.2) is 17.1 Å². The summed E-state index contributed by atoms with van der Waals surface area (Å²) in [6.07, 6.45) is 4.84. The second-order valence-corrected chi connectivity index (χ2v) is 2.31. The van der Waals surface area contributed by atoms with E-state index in [0.29, 0.717) is 13.0 Å². The number of rotatable bonds is 1. The molecule has 0 spiro atoms. The van der Waals surface area contributed by atoms with Crippen LogP contribution in [0.5, 0.6) is 0 Å². The molecule has 0 saturated heterocycles. The molecule has 0 amide bonds. The zero-order valence-corrected chi connectivity index (χ0v) is 6.13. The van der Waals surface area contributed by atoms with Crippen LogP contribution in [0.4, 0.5) is 0 Å². The fourth-order valence-electron chi connectivity index (χ4n) is 0.919. The van der Waals surface area contributed by atoms with Crippen molar-refractivity contribution in [2.45, 2.75) is 19.8 Å². The maximum absolute atomic E-state index is 10.9. The summed E-state index contributed by atoms with van der Waals surface area (Å²) in [5.74, 6) is 0.179. The molecule has 54 valence electrons. The second kappa shape index (κ2) is 3.30. The van der Waals surface area contributed by atoms with Gasteiger partial charge in [-0.1, -0.05) is 13.0 Å². The zero-order chi connectivity index (χ0) is 7.40. The van der Waals surface area contributed by atoms with Crippen LogP contribution in [0.25, 0.3) is 0 Å². The minimum atomic E-state index is 0.179. The molecule has 0 aromatic heterocycles. The van der Waals surface area contributed by atoms with Crippen molar-refractivity contribution in [3.8, 4) is 0 Å². The van der Waals surface area contributed by atoms with Crippen LogP contribution in [0.1, 0.15) is 19.8 Å². The predicted molar refractivity (Wildman–Crippen MR) is 41.4 cm³/mol. The van der Waals surface area contributed by atoms with E-state index >= 15 is 0 Å². The Kier molecular flexibility index (Phi) is 2.37. The average Bonchev–Trinajstić information content (AvgIpc) is 2.13. The number of carbonyl (C=O) groups is 1. The van der Waals surface area contributed by atoms with Gasteiger partial charge in [0.05, 0.1) is 6.54 Å². The lowest BCUT2D eigenvalue weighted by Crippen LogP contribution is -2.02. The van der Waals surface area contributed by atoms with Gasteiger partial charge in [0.25, 0.3) is 0 Å². The van der Waals surface area contributed by atoms with Crippen molar-refractivity contribution in [2.24, 2.45) is 4.99 Å². The van der Waals surface area contributed by atoms with E-state index in [0.717, 1.165) is 12.1 Å². The largest absolute Gasteiger partial charge is 0.294 e. The Bertz CT molecular complexity index is 191. The van der Waals surface area contributed by atoms with Crippen LogP contribution in [0.2, 0.25) is 0 Å². The highest BCUT2D eigenvalue weighted by molar-refractivity contribution is 6.07. The molecule has 0 N–H and O–H groups in total. The molecule has 2 nitrogen and oxygen atoms in total. The summed E-state index contributed by atoms with van der Waals surface area (Å²) in [5.41, 5.74) is 1.02. The van der Waals surface area contributed by atoms with Crippen LogP contribution in [-0.2, 0) is 4.79 Å². The molecule has 1 heterocycles. The van der Waals surface area contributed by atoms with E-state index in [2.05, 4.69) is 4.99 Å². The van der Waals surface area contributed by atoms with E-state index in [9.17, 15) is 4.79 Å². The first kappa shape index (κ1) is 7.19. The Morgan fingerprint density at radius 2 is 2.50 bits per heavy atom. The fourth-order valence-corrected chi connectivity index (χ4v) is 0.919. The molecule has 2 heteroatoms. The molecule has 0 aromatic carbocycles. The molecule has 0 atom stereocenters. The number of hydrogen-bond donors (Lipinski definition) is 0. The van der Waals surface area contributed by atoms with Gasteiger partial charge in [-0.2, -0.15) is 0 Å². The lowest BCUT2D eigenvalue weighted by atomic mass is 10.1. The highest BCUT2D eigenvalue weighted by Crippen LogP contribution is 1.99. The third kappa shape index (κ3) is 1.79. The lowest BCUT2D eigenvalue weighted by Gasteiger charge is -1.95. The Balaban J connectivity index is 2.64. The van der Waals surface area contributed by atoms with Gasteiger partial charge in [-0.05, 0) is 12.5 Å². The summed E-state index contributed by atoms with van der Waals surface area (Å²) in [4.78, 5) is 15.1. The van der Waals surface area contributed by atoms with E-state index < -0.39 is 0 Å². The van der Waals surface area contributed by atoms with Crippen molar-refractivity contribution >= 4 is 11.5 Å². The molecule has 10 heavy (non-hydrogen) atoms. The average molecular weight is 137 g/mol. The van der Waals surface area contributed by atoms with Crippen molar-refractivity contribution in [1.29, 1.82) is 0 Å². The number of hydrogen-bond acceptors (Lipinski definition) is 2. The van der Waals surface area contributed by atoms with Gasteiger partial charge in [-0.3, -0.25) is 9.79 Å². The summed E-state index contributed by atoms with van der Waals surface area (Å²) in [5, 5.41) is 0. The molecule has 0 radical (unpaired) electrons.